The van der Waals surface area contributed by atoms with Crippen LogP contribution in [0.15, 0.2) is 77.1 Å². The number of likely N-dealkylation sites (tertiary alicyclic amines) is 1. The number of aromatic nitrogens is 3. The third-order valence-electron chi connectivity index (χ3n) is 6.77. The van der Waals surface area contributed by atoms with Crippen LogP contribution in [0, 0.1) is 5.92 Å². The Labute approximate surface area is 228 Å². The summed E-state index contributed by atoms with van der Waals surface area (Å²) in [6.07, 6.45) is 6.56. The van der Waals surface area contributed by atoms with Crippen LogP contribution in [0.5, 0.6) is 5.75 Å². The summed E-state index contributed by atoms with van der Waals surface area (Å²) in [4.78, 5) is 19.7. The molecule has 0 radical (unpaired) electrons. The van der Waals surface area contributed by atoms with Crippen molar-refractivity contribution in [3.8, 4) is 17.0 Å². The number of piperidine rings is 1. The maximum absolute atomic E-state index is 13.0. The summed E-state index contributed by atoms with van der Waals surface area (Å²) in [6.45, 7) is 2.25. The molecule has 0 atom stereocenters. The van der Waals surface area contributed by atoms with Gasteiger partial charge < -0.3 is 15.0 Å². The van der Waals surface area contributed by atoms with Crippen LogP contribution in [0.3, 0.4) is 0 Å². The number of amides is 1. The predicted octanol–water partition coefficient (Wildman–Crippen LogP) is 6.44. The minimum absolute atomic E-state index is 0.0743. The minimum atomic E-state index is 0.0743. The highest BCUT2D eigenvalue weighted by atomic mass is 79.9. The summed E-state index contributed by atoms with van der Waals surface area (Å²) in [5, 5.41) is 8.71. The molecular weight excluding hydrogens is 554 g/mol. The Morgan fingerprint density at radius 2 is 1.89 bits per heavy atom. The molecule has 1 aliphatic carbocycles. The zero-order chi connectivity index (χ0) is 25.4. The number of ether oxygens (including phenoxy) is 1. The predicted molar refractivity (Wildman–Crippen MR) is 148 cm³/mol. The first-order valence-corrected chi connectivity index (χ1v) is 13.5. The fourth-order valence-corrected chi connectivity index (χ4v) is 5.16. The highest BCUT2D eigenvalue weighted by Gasteiger charge is 2.24. The van der Waals surface area contributed by atoms with Gasteiger partial charge in [-0.1, -0.05) is 29.8 Å². The van der Waals surface area contributed by atoms with Gasteiger partial charge >= 0.3 is 0 Å². The minimum Gasteiger partial charge on any atom is -0.462 e. The molecule has 6 rings (SSSR count). The lowest BCUT2D eigenvalue weighted by atomic mass is 9.96. The van der Waals surface area contributed by atoms with E-state index in [1.54, 1.807) is 10.7 Å². The van der Waals surface area contributed by atoms with E-state index in [1.165, 1.54) is 0 Å². The maximum Gasteiger partial charge on any atom is 0.253 e. The fraction of sp³-hybridized carbons (Fsp3) is 0.250. The van der Waals surface area contributed by atoms with Crippen LogP contribution in [0.4, 0.5) is 5.82 Å². The van der Waals surface area contributed by atoms with Gasteiger partial charge in [0.25, 0.3) is 5.91 Å². The van der Waals surface area contributed by atoms with E-state index in [2.05, 4.69) is 26.3 Å². The number of allylic oxidation sites excluding steroid dienone is 2. The molecule has 0 spiro atoms. The van der Waals surface area contributed by atoms with E-state index < -0.39 is 0 Å². The molecule has 1 aliphatic heterocycles. The molecule has 188 valence electrons. The van der Waals surface area contributed by atoms with Crippen LogP contribution in [-0.4, -0.2) is 45.0 Å². The Hall–Kier alpha value is -3.36. The number of benzene rings is 2. The summed E-state index contributed by atoms with van der Waals surface area (Å²) in [7, 11) is 0. The van der Waals surface area contributed by atoms with E-state index in [0.717, 1.165) is 77.6 Å². The molecule has 0 unspecified atom stereocenters. The zero-order valence-corrected chi connectivity index (χ0v) is 22.4. The molecule has 1 fully saturated rings. The highest BCUT2D eigenvalue weighted by molar-refractivity contribution is 9.10. The zero-order valence-electron chi connectivity index (χ0n) is 20.0. The summed E-state index contributed by atoms with van der Waals surface area (Å²) < 4.78 is 8.28. The summed E-state index contributed by atoms with van der Waals surface area (Å²) in [5.74, 6) is 3.14. The largest absolute Gasteiger partial charge is 0.462 e. The molecule has 2 aromatic carbocycles. The van der Waals surface area contributed by atoms with Crippen molar-refractivity contribution in [3.05, 3.63) is 87.7 Å². The second-order valence-electron chi connectivity index (χ2n) is 9.35. The van der Waals surface area contributed by atoms with Crippen molar-refractivity contribution in [2.45, 2.75) is 19.3 Å². The number of carbonyl (C=O) groups is 1. The van der Waals surface area contributed by atoms with Crippen molar-refractivity contribution >= 4 is 44.9 Å². The van der Waals surface area contributed by atoms with Crippen LogP contribution in [0.2, 0.25) is 5.02 Å². The average molecular weight is 579 g/mol. The van der Waals surface area contributed by atoms with Gasteiger partial charge in [0.1, 0.15) is 17.3 Å². The van der Waals surface area contributed by atoms with Crippen molar-refractivity contribution in [2.24, 2.45) is 5.92 Å². The quantitative estimate of drug-likeness (QED) is 0.273. The lowest BCUT2D eigenvalue weighted by Crippen LogP contribution is -2.40. The van der Waals surface area contributed by atoms with Gasteiger partial charge in [-0.3, -0.25) is 4.79 Å². The first-order valence-electron chi connectivity index (χ1n) is 12.3. The van der Waals surface area contributed by atoms with Crippen molar-refractivity contribution in [1.82, 2.24) is 19.5 Å². The van der Waals surface area contributed by atoms with Crippen molar-refractivity contribution in [2.75, 3.05) is 25.0 Å². The number of fused-ring (bicyclic) bond motifs is 1. The number of halogens is 2. The Kier molecular flexibility index (Phi) is 6.61. The number of hydrogen-bond donors (Lipinski definition) is 1. The molecule has 2 aliphatic rings. The van der Waals surface area contributed by atoms with Crippen LogP contribution in [0.1, 0.15) is 29.6 Å². The van der Waals surface area contributed by atoms with Gasteiger partial charge in [-0.25, -0.2) is 4.98 Å². The molecule has 1 saturated heterocycles. The van der Waals surface area contributed by atoms with E-state index in [4.69, 9.17) is 21.3 Å². The lowest BCUT2D eigenvalue weighted by Gasteiger charge is -2.32. The molecule has 0 bridgehead atoms. The second kappa shape index (κ2) is 10.2. The number of nitrogens with zero attached hydrogens (tertiary/aromatic N) is 4. The van der Waals surface area contributed by atoms with E-state index in [1.807, 2.05) is 65.6 Å². The Bertz CT molecular complexity index is 1490. The number of carbonyl (C=O) groups excluding carboxylic acids is 1. The first-order chi connectivity index (χ1) is 18.0. The third-order valence-corrected chi connectivity index (χ3v) is 7.66. The van der Waals surface area contributed by atoms with Gasteiger partial charge in [-0.05, 0) is 71.1 Å². The van der Waals surface area contributed by atoms with E-state index >= 15 is 0 Å². The van der Waals surface area contributed by atoms with E-state index in [-0.39, 0.29) is 5.91 Å². The molecule has 9 heteroatoms. The highest BCUT2D eigenvalue weighted by Crippen LogP contribution is 2.31. The topological polar surface area (TPSA) is 71.8 Å². The van der Waals surface area contributed by atoms with Gasteiger partial charge in [-0.2, -0.15) is 9.61 Å². The molecule has 2 aromatic heterocycles. The van der Waals surface area contributed by atoms with Crippen LogP contribution >= 0.6 is 27.5 Å². The van der Waals surface area contributed by atoms with Crippen molar-refractivity contribution in [3.63, 3.8) is 0 Å². The Morgan fingerprint density at radius 1 is 1.14 bits per heavy atom. The van der Waals surface area contributed by atoms with Gasteiger partial charge in [0.2, 0.25) is 0 Å². The van der Waals surface area contributed by atoms with Crippen molar-refractivity contribution in [1.29, 1.82) is 0 Å². The van der Waals surface area contributed by atoms with E-state index in [0.29, 0.717) is 16.5 Å². The molecule has 7 nitrogen and oxygen atoms in total. The fourth-order valence-electron chi connectivity index (χ4n) is 4.58. The van der Waals surface area contributed by atoms with Crippen LogP contribution in [-0.2, 0) is 0 Å². The lowest BCUT2D eigenvalue weighted by molar-refractivity contribution is 0.0695. The second-order valence-corrected chi connectivity index (χ2v) is 10.6. The Balaban J connectivity index is 1.10. The van der Waals surface area contributed by atoms with Crippen molar-refractivity contribution < 1.29 is 9.53 Å². The third kappa shape index (κ3) is 5.22. The van der Waals surface area contributed by atoms with Crippen LogP contribution < -0.4 is 10.1 Å². The van der Waals surface area contributed by atoms with E-state index in [9.17, 15) is 4.79 Å². The summed E-state index contributed by atoms with van der Waals surface area (Å²) in [5.41, 5.74) is 3.08. The Morgan fingerprint density at radius 3 is 2.62 bits per heavy atom. The SMILES string of the molecule is O=C(c1ccc(OC2=CC2)cc1)N1CCC(CNc2cc(-c3ccccc3Cl)nc3c(Br)cnn23)CC1. The summed E-state index contributed by atoms with van der Waals surface area (Å²) >= 11 is 10.0. The molecule has 3 heterocycles. The standard InChI is InChI=1S/C28H25BrClN5O2/c29-23-17-32-35-26(15-25(33-27(23)35)22-3-1-2-4-24(22)30)31-16-18-11-13-34(14-12-18)28(36)19-5-7-20(8-6-19)37-21-9-10-21/h1-9,15,17-18,31H,10-14,16H2. The van der Waals surface area contributed by atoms with Gasteiger partial charge in [0.15, 0.2) is 5.65 Å². The molecular formula is C28H25BrClN5O2. The van der Waals surface area contributed by atoms with Crippen LogP contribution in [0.25, 0.3) is 16.9 Å². The molecule has 1 amide bonds. The maximum atomic E-state index is 13.0. The number of hydrogen-bond acceptors (Lipinski definition) is 5. The molecule has 0 saturated carbocycles. The molecule has 37 heavy (non-hydrogen) atoms. The number of nitrogens with one attached hydrogen (secondary N) is 1. The van der Waals surface area contributed by atoms with Gasteiger partial charge in [-0.15, -0.1) is 0 Å². The number of rotatable bonds is 7. The smallest absolute Gasteiger partial charge is 0.253 e. The average Bonchev–Trinajstić information content (AvgIpc) is 3.67. The normalized spacial score (nSPS) is 15.5. The summed E-state index contributed by atoms with van der Waals surface area (Å²) in [6, 6.07) is 17.1. The van der Waals surface area contributed by atoms with Gasteiger partial charge in [0.05, 0.1) is 16.4 Å². The first kappa shape index (κ1) is 24.0. The molecule has 4 aromatic rings. The number of anilines is 1. The monoisotopic (exact) mass is 577 g/mol. The van der Waals surface area contributed by atoms with Gasteiger partial charge in [0, 0.05) is 48.3 Å². The molecule has 1 N–H and O–H groups in total.